The Kier molecular flexibility index (Phi) is 2.74. The van der Waals surface area contributed by atoms with Crippen molar-refractivity contribution in [3.8, 4) is 0 Å². The molecule has 0 fully saturated rings. The van der Waals surface area contributed by atoms with E-state index in [1.807, 2.05) is 0 Å². The molecule has 0 spiro atoms. The van der Waals surface area contributed by atoms with E-state index in [1.54, 1.807) is 29.1 Å². The van der Waals surface area contributed by atoms with Crippen LogP contribution in [0.2, 0.25) is 0 Å². The Balaban J connectivity index is 2.11. The molecule has 1 aliphatic carbocycles. The molecule has 2 aromatic heterocycles. The van der Waals surface area contributed by atoms with Crippen LogP contribution in [0, 0.1) is 0 Å². The maximum atomic E-state index is 10.1. The fraction of sp³-hybridized carbons (Fsp3) is 0.333. The third-order valence-corrected chi connectivity index (χ3v) is 3.47. The van der Waals surface area contributed by atoms with Crippen LogP contribution < -0.4 is 5.73 Å². The Bertz CT molecular complexity index is 651. The summed E-state index contributed by atoms with van der Waals surface area (Å²) in [5, 5.41) is 29.0. The zero-order valence-electron chi connectivity index (χ0n) is 10.0. The van der Waals surface area contributed by atoms with Gasteiger partial charge < -0.3 is 21.1 Å². The molecule has 2 aromatic rings. The van der Waals surface area contributed by atoms with Crippen molar-refractivity contribution >= 4 is 11.5 Å². The molecule has 2 heterocycles. The van der Waals surface area contributed by atoms with Gasteiger partial charge in [0.25, 0.3) is 0 Å². The van der Waals surface area contributed by atoms with Crippen LogP contribution in [0.15, 0.2) is 30.2 Å². The van der Waals surface area contributed by atoms with E-state index in [1.165, 1.54) is 0 Å². The van der Waals surface area contributed by atoms with E-state index >= 15 is 0 Å². The SMILES string of the molecule is Nc1nccn2c(C3C=C(CO)C(O)C3O)cnc12. The van der Waals surface area contributed by atoms with Gasteiger partial charge in [-0.1, -0.05) is 6.08 Å². The fourth-order valence-corrected chi connectivity index (χ4v) is 2.45. The lowest BCUT2D eigenvalue weighted by molar-refractivity contribution is 0.0397. The van der Waals surface area contributed by atoms with Crippen LogP contribution in [-0.4, -0.2) is 48.5 Å². The first-order valence-electron chi connectivity index (χ1n) is 5.88. The maximum Gasteiger partial charge on any atom is 0.180 e. The van der Waals surface area contributed by atoms with Gasteiger partial charge in [0.15, 0.2) is 11.5 Å². The van der Waals surface area contributed by atoms with Crippen molar-refractivity contribution in [1.29, 1.82) is 0 Å². The maximum absolute atomic E-state index is 10.1. The predicted octanol–water partition coefficient (Wildman–Crippen LogP) is -0.951. The molecule has 0 bridgehead atoms. The minimum absolute atomic E-state index is 0.283. The minimum atomic E-state index is -1.06. The Morgan fingerprint density at radius 2 is 2.11 bits per heavy atom. The van der Waals surface area contributed by atoms with Crippen LogP contribution in [0.3, 0.4) is 0 Å². The molecule has 0 saturated heterocycles. The first-order valence-corrected chi connectivity index (χ1v) is 5.88. The summed E-state index contributed by atoms with van der Waals surface area (Å²) in [4.78, 5) is 8.10. The van der Waals surface area contributed by atoms with Crippen LogP contribution in [0.4, 0.5) is 5.82 Å². The lowest BCUT2D eigenvalue weighted by Crippen LogP contribution is -2.28. The van der Waals surface area contributed by atoms with Gasteiger partial charge in [-0.2, -0.15) is 0 Å². The van der Waals surface area contributed by atoms with Gasteiger partial charge in [0.05, 0.1) is 24.6 Å². The third-order valence-electron chi connectivity index (χ3n) is 3.47. The average molecular weight is 262 g/mol. The van der Waals surface area contributed by atoms with Gasteiger partial charge in [0.2, 0.25) is 0 Å². The molecule has 5 N–H and O–H groups in total. The van der Waals surface area contributed by atoms with Gasteiger partial charge in [0, 0.05) is 18.3 Å². The number of rotatable bonds is 2. The van der Waals surface area contributed by atoms with Gasteiger partial charge in [-0.3, -0.25) is 4.40 Å². The van der Waals surface area contributed by atoms with Crippen molar-refractivity contribution in [2.45, 2.75) is 18.1 Å². The Hall–Kier alpha value is -1.96. The predicted molar refractivity (Wildman–Crippen MR) is 67.3 cm³/mol. The number of imidazole rings is 1. The van der Waals surface area contributed by atoms with Crippen molar-refractivity contribution in [3.05, 3.63) is 35.9 Å². The van der Waals surface area contributed by atoms with Gasteiger partial charge in [-0.25, -0.2) is 9.97 Å². The summed E-state index contributed by atoms with van der Waals surface area (Å²) in [5.74, 6) is -0.137. The molecule has 0 aliphatic heterocycles. The summed E-state index contributed by atoms with van der Waals surface area (Å²) in [6.45, 7) is -0.283. The second-order valence-corrected chi connectivity index (χ2v) is 4.55. The lowest BCUT2D eigenvalue weighted by Gasteiger charge is -2.17. The van der Waals surface area contributed by atoms with Crippen LogP contribution in [-0.2, 0) is 0 Å². The normalized spacial score (nSPS) is 26.9. The van der Waals surface area contributed by atoms with Crippen LogP contribution >= 0.6 is 0 Å². The molecule has 7 heteroatoms. The minimum Gasteiger partial charge on any atom is -0.392 e. The number of aliphatic hydroxyl groups is 3. The van der Waals surface area contributed by atoms with Crippen molar-refractivity contribution in [1.82, 2.24) is 14.4 Å². The van der Waals surface area contributed by atoms with Gasteiger partial charge in [-0.05, 0) is 5.57 Å². The zero-order valence-corrected chi connectivity index (χ0v) is 10.0. The van der Waals surface area contributed by atoms with Gasteiger partial charge in [-0.15, -0.1) is 0 Å². The highest BCUT2D eigenvalue weighted by Crippen LogP contribution is 2.33. The summed E-state index contributed by atoms with van der Waals surface area (Å²) in [5.41, 5.74) is 7.33. The number of hydrogen-bond donors (Lipinski definition) is 4. The second kappa shape index (κ2) is 4.30. The van der Waals surface area contributed by atoms with Crippen LogP contribution in [0.25, 0.3) is 5.65 Å². The van der Waals surface area contributed by atoms with Gasteiger partial charge >= 0.3 is 0 Å². The first kappa shape index (κ1) is 12.1. The highest BCUT2D eigenvalue weighted by molar-refractivity contribution is 5.60. The van der Waals surface area contributed by atoms with Gasteiger partial charge in [0.1, 0.15) is 6.10 Å². The first-order chi connectivity index (χ1) is 9.13. The zero-order chi connectivity index (χ0) is 13.6. The smallest absolute Gasteiger partial charge is 0.180 e. The Morgan fingerprint density at radius 1 is 1.32 bits per heavy atom. The van der Waals surface area contributed by atoms with Crippen molar-refractivity contribution in [2.24, 2.45) is 0 Å². The number of aliphatic hydroxyl groups excluding tert-OH is 3. The van der Waals surface area contributed by atoms with E-state index < -0.39 is 18.1 Å². The Morgan fingerprint density at radius 3 is 2.79 bits per heavy atom. The molecule has 0 amide bonds. The highest BCUT2D eigenvalue weighted by Gasteiger charge is 2.36. The molecular weight excluding hydrogens is 248 g/mol. The van der Waals surface area contributed by atoms with Crippen LogP contribution in [0.5, 0.6) is 0 Å². The number of anilines is 1. The number of aromatic nitrogens is 3. The molecular formula is C12H14N4O3. The monoisotopic (exact) mass is 262 g/mol. The Labute approximate surface area is 108 Å². The van der Waals surface area contributed by atoms with E-state index in [0.717, 1.165) is 0 Å². The molecule has 1 aliphatic rings. The number of hydrogen-bond acceptors (Lipinski definition) is 6. The standard InChI is InChI=1S/C12H14N4O3/c13-11-12-15-4-8(16(12)2-1-14-11)7-3-6(5-17)9(18)10(7)19/h1-4,7,9-10,17-19H,5H2,(H2,13,14). The molecule has 7 nitrogen and oxygen atoms in total. The van der Waals surface area contributed by atoms with E-state index in [4.69, 9.17) is 10.8 Å². The summed E-state index contributed by atoms with van der Waals surface area (Å²) in [7, 11) is 0. The summed E-state index contributed by atoms with van der Waals surface area (Å²) in [6.07, 6.45) is 4.43. The quantitative estimate of drug-likeness (QED) is 0.518. The van der Waals surface area contributed by atoms with E-state index in [0.29, 0.717) is 22.7 Å². The van der Waals surface area contributed by atoms with Crippen molar-refractivity contribution in [2.75, 3.05) is 12.3 Å². The molecule has 0 saturated carbocycles. The summed E-state index contributed by atoms with van der Waals surface area (Å²) >= 11 is 0. The van der Waals surface area contributed by atoms with E-state index in [-0.39, 0.29) is 6.61 Å². The molecule has 0 aromatic carbocycles. The molecule has 3 atom stereocenters. The average Bonchev–Trinajstić information content (AvgIpc) is 2.94. The number of nitrogens with zero attached hydrogens (tertiary/aromatic N) is 3. The third kappa shape index (κ3) is 1.71. The molecule has 3 rings (SSSR count). The van der Waals surface area contributed by atoms with Crippen molar-refractivity contribution in [3.63, 3.8) is 0 Å². The number of nitrogens with two attached hydrogens (primary N) is 1. The number of fused-ring (bicyclic) bond motifs is 1. The van der Waals surface area contributed by atoms with E-state index in [9.17, 15) is 10.2 Å². The molecule has 100 valence electrons. The number of nitrogen functional groups attached to an aromatic ring is 1. The fourth-order valence-electron chi connectivity index (χ4n) is 2.45. The topological polar surface area (TPSA) is 117 Å². The largest absolute Gasteiger partial charge is 0.392 e. The lowest BCUT2D eigenvalue weighted by atomic mass is 10.0. The molecule has 19 heavy (non-hydrogen) atoms. The van der Waals surface area contributed by atoms with Crippen LogP contribution in [0.1, 0.15) is 11.6 Å². The van der Waals surface area contributed by atoms with Crippen molar-refractivity contribution < 1.29 is 15.3 Å². The van der Waals surface area contributed by atoms with E-state index in [2.05, 4.69) is 9.97 Å². The molecule has 3 unspecified atom stereocenters. The highest BCUT2D eigenvalue weighted by atomic mass is 16.3. The summed E-state index contributed by atoms with van der Waals surface area (Å²) in [6, 6.07) is 0. The summed E-state index contributed by atoms with van der Waals surface area (Å²) < 4.78 is 1.72. The molecule has 0 radical (unpaired) electrons. The second-order valence-electron chi connectivity index (χ2n) is 4.55.